The highest BCUT2D eigenvalue weighted by Crippen LogP contribution is 2.07. The van der Waals surface area contributed by atoms with Crippen LogP contribution in [0.2, 0.25) is 0 Å². The maximum Gasteiger partial charge on any atom is 0.273 e. The normalized spacial score (nSPS) is 13.8. The maximum absolute atomic E-state index is 12.0. The average molecular weight is 274 g/mol. The molecule has 2 unspecified atom stereocenters. The first kappa shape index (κ1) is 14.2. The molecule has 0 fully saturated rings. The van der Waals surface area contributed by atoms with Gasteiger partial charge < -0.3 is 10.4 Å². The molecular formula is C14H18N4O2. The van der Waals surface area contributed by atoms with Crippen LogP contribution in [0.5, 0.6) is 0 Å². The van der Waals surface area contributed by atoms with Crippen LogP contribution in [-0.4, -0.2) is 38.7 Å². The number of amides is 1. The number of benzene rings is 1. The lowest BCUT2D eigenvalue weighted by molar-refractivity contribution is 0.0911. The maximum atomic E-state index is 12.0. The molecule has 2 atom stereocenters. The highest BCUT2D eigenvalue weighted by atomic mass is 16.3. The van der Waals surface area contributed by atoms with Crippen LogP contribution in [0, 0.1) is 5.92 Å². The third-order valence-corrected chi connectivity index (χ3v) is 3.25. The van der Waals surface area contributed by atoms with Gasteiger partial charge in [0.1, 0.15) is 0 Å². The lowest BCUT2D eigenvalue weighted by Gasteiger charge is -2.18. The summed E-state index contributed by atoms with van der Waals surface area (Å²) in [6, 6.07) is 9.32. The SMILES string of the molecule is CC(CO)C(C)NC(=O)c1cn(-c2ccccc2)nn1. The number of aromatic nitrogens is 3. The molecular weight excluding hydrogens is 256 g/mol. The van der Waals surface area contributed by atoms with Crippen molar-refractivity contribution < 1.29 is 9.90 Å². The summed E-state index contributed by atoms with van der Waals surface area (Å²) in [7, 11) is 0. The summed E-state index contributed by atoms with van der Waals surface area (Å²) >= 11 is 0. The number of nitrogens with zero attached hydrogens (tertiary/aromatic N) is 3. The topological polar surface area (TPSA) is 80.0 Å². The lowest BCUT2D eigenvalue weighted by Crippen LogP contribution is -2.38. The van der Waals surface area contributed by atoms with Crippen molar-refractivity contribution >= 4 is 5.91 Å². The minimum atomic E-state index is -0.292. The quantitative estimate of drug-likeness (QED) is 0.853. The monoisotopic (exact) mass is 274 g/mol. The Kier molecular flexibility index (Phi) is 4.47. The van der Waals surface area contributed by atoms with Gasteiger partial charge >= 0.3 is 0 Å². The van der Waals surface area contributed by atoms with Crippen molar-refractivity contribution in [1.29, 1.82) is 0 Å². The second-order valence-corrected chi connectivity index (χ2v) is 4.81. The van der Waals surface area contributed by atoms with E-state index in [1.807, 2.05) is 44.2 Å². The Morgan fingerprint density at radius 3 is 2.70 bits per heavy atom. The Morgan fingerprint density at radius 2 is 2.05 bits per heavy atom. The zero-order valence-electron chi connectivity index (χ0n) is 11.5. The number of carbonyl (C=O) groups excluding carboxylic acids is 1. The molecule has 1 heterocycles. The molecule has 2 aromatic rings. The van der Waals surface area contributed by atoms with E-state index in [1.165, 1.54) is 0 Å². The van der Waals surface area contributed by atoms with E-state index in [4.69, 9.17) is 5.11 Å². The predicted octanol–water partition coefficient (Wildman–Crippen LogP) is 1.01. The molecule has 2 N–H and O–H groups in total. The summed E-state index contributed by atoms with van der Waals surface area (Å²) < 4.78 is 1.55. The fourth-order valence-electron chi connectivity index (χ4n) is 1.66. The van der Waals surface area contributed by atoms with Gasteiger partial charge in [0.05, 0.1) is 11.9 Å². The highest BCUT2D eigenvalue weighted by molar-refractivity contribution is 5.92. The third-order valence-electron chi connectivity index (χ3n) is 3.25. The molecule has 0 aliphatic carbocycles. The van der Waals surface area contributed by atoms with Gasteiger partial charge in [-0.05, 0) is 25.0 Å². The predicted molar refractivity (Wildman–Crippen MR) is 74.5 cm³/mol. The standard InChI is InChI=1S/C14H18N4O2/c1-10(9-19)11(2)15-14(20)13-8-18(17-16-13)12-6-4-3-5-7-12/h3-8,10-11,19H,9H2,1-2H3,(H,15,20). The molecule has 0 radical (unpaired) electrons. The molecule has 20 heavy (non-hydrogen) atoms. The van der Waals surface area contributed by atoms with E-state index in [2.05, 4.69) is 15.6 Å². The Morgan fingerprint density at radius 1 is 1.35 bits per heavy atom. The largest absolute Gasteiger partial charge is 0.396 e. The highest BCUT2D eigenvalue weighted by Gasteiger charge is 2.17. The van der Waals surface area contributed by atoms with Crippen LogP contribution in [0.4, 0.5) is 0 Å². The van der Waals surface area contributed by atoms with Gasteiger partial charge in [0.15, 0.2) is 5.69 Å². The van der Waals surface area contributed by atoms with Crippen LogP contribution in [0.15, 0.2) is 36.5 Å². The molecule has 1 aromatic heterocycles. The van der Waals surface area contributed by atoms with Crippen molar-refractivity contribution in [3.63, 3.8) is 0 Å². The van der Waals surface area contributed by atoms with E-state index < -0.39 is 0 Å². The lowest BCUT2D eigenvalue weighted by atomic mass is 10.1. The number of aliphatic hydroxyl groups excluding tert-OH is 1. The molecule has 1 aromatic carbocycles. The Balaban J connectivity index is 2.07. The fourth-order valence-corrected chi connectivity index (χ4v) is 1.66. The molecule has 6 heteroatoms. The Labute approximate surface area is 117 Å². The smallest absolute Gasteiger partial charge is 0.273 e. The number of hydrogen-bond acceptors (Lipinski definition) is 4. The minimum Gasteiger partial charge on any atom is -0.396 e. The van der Waals surface area contributed by atoms with E-state index in [0.717, 1.165) is 5.69 Å². The van der Waals surface area contributed by atoms with E-state index in [-0.39, 0.29) is 30.2 Å². The molecule has 1 amide bonds. The molecule has 0 spiro atoms. The second kappa shape index (κ2) is 6.29. The van der Waals surface area contributed by atoms with Crippen LogP contribution in [0.25, 0.3) is 5.69 Å². The Hall–Kier alpha value is -2.21. The van der Waals surface area contributed by atoms with Gasteiger partial charge in [-0.1, -0.05) is 30.3 Å². The number of aliphatic hydroxyl groups is 1. The fraction of sp³-hybridized carbons (Fsp3) is 0.357. The summed E-state index contributed by atoms with van der Waals surface area (Å²) in [5.41, 5.74) is 1.10. The van der Waals surface area contributed by atoms with Crippen LogP contribution in [-0.2, 0) is 0 Å². The number of rotatable bonds is 5. The van der Waals surface area contributed by atoms with E-state index in [9.17, 15) is 4.79 Å². The number of para-hydroxylation sites is 1. The van der Waals surface area contributed by atoms with Crippen LogP contribution in [0.3, 0.4) is 0 Å². The van der Waals surface area contributed by atoms with E-state index >= 15 is 0 Å². The van der Waals surface area contributed by atoms with Gasteiger partial charge in [-0.15, -0.1) is 5.10 Å². The molecule has 2 rings (SSSR count). The molecule has 0 bridgehead atoms. The van der Waals surface area contributed by atoms with Crippen molar-refractivity contribution in [1.82, 2.24) is 20.3 Å². The summed E-state index contributed by atoms with van der Waals surface area (Å²) in [6.45, 7) is 3.74. The van der Waals surface area contributed by atoms with Crippen molar-refractivity contribution in [2.24, 2.45) is 5.92 Å². The minimum absolute atomic E-state index is 0.0110. The van der Waals surface area contributed by atoms with Gasteiger partial charge in [-0.3, -0.25) is 4.79 Å². The van der Waals surface area contributed by atoms with Crippen molar-refractivity contribution in [3.05, 3.63) is 42.2 Å². The van der Waals surface area contributed by atoms with Gasteiger partial charge in [0.2, 0.25) is 0 Å². The summed E-state index contributed by atoms with van der Waals surface area (Å²) in [6.07, 6.45) is 1.58. The van der Waals surface area contributed by atoms with Crippen molar-refractivity contribution in [2.75, 3.05) is 6.61 Å². The van der Waals surface area contributed by atoms with Gasteiger partial charge in [0, 0.05) is 12.6 Å². The van der Waals surface area contributed by atoms with Crippen LogP contribution in [0.1, 0.15) is 24.3 Å². The Bertz CT molecular complexity index is 568. The van der Waals surface area contributed by atoms with Crippen LogP contribution >= 0.6 is 0 Å². The second-order valence-electron chi connectivity index (χ2n) is 4.81. The molecule has 0 aliphatic rings. The molecule has 106 valence electrons. The summed E-state index contributed by atoms with van der Waals surface area (Å²) in [4.78, 5) is 12.0. The first-order valence-electron chi connectivity index (χ1n) is 6.51. The molecule has 0 saturated heterocycles. The first-order chi connectivity index (χ1) is 9.61. The number of hydrogen-bond donors (Lipinski definition) is 2. The molecule has 6 nitrogen and oxygen atoms in total. The number of carbonyl (C=O) groups is 1. The van der Waals surface area contributed by atoms with Gasteiger partial charge in [-0.25, -0.2) is 4.68 Å². The molecule has 0 saturated carbocycles. The molecule has 0 aliphatic heterocycles. The first-order valence-corrected chi connectivity index (χ1v) is 6.51. The summed E-state index contributed by atoms with van der Waals surface area (Å²) in [5, 5.41) is 19.7. The van der Waals surface area contributed by atoms with Crippen molar-refractivity contribution in [3.8, 4) is 5.69 Å². The number of nitrogens with one attached hydrogen (secondary N) is 1. The zero-order chi connectivity index (χ0) is 14.5. The van der Waals surface area contributed by atoms with E-state index in [1.54, 1.807) is 10.9 Å². The van der Waals surface area contributed by atoms with Gasteiger partial charge in [0.25, 0.3) is 5.91 Å². The van der Waals surface area contributed by atoms with Crippen LogP contribution < -0.4 is 5.32 Å². The van der Waals surface area contributed by atoms with Gasteiger partial charge in [-0.2, -0.15) is 0 Å². The van der Waals surface area contributed by atoms with E-state index in [0.29, 0.717) is 0 Å². The van der Waals surface area contributed by atoms with Crippen molar-refractivity contribution in [2.45, 2.75) is 19.9 Å². The zero-order valence-corrected chi connectivity index (χ0v) is 11.5. The third kappa shape index (κ3) is 3.21. The summed E-state index contributed by atoms with van der Waals surface area (Å²) in [5.74, 6) is -0.303. The average Bonchev–Trinajstić information content (AvgIpc) is 2.97.